The number of piperidine rings is 1. The monoisotopic (exact) mass is 266 g/mol. The van der Waals surface area contributed by atoms with E-state index in [0.29, 0.717) is 0 Å². The van der Waals surface area contributed by atoms with Crippen LogP contribution in [-0.2, 0) is 0 Å². The van der Waals surface area contributed by atoms with E-state index in [2.05, 4.69) is 31.0 Å². The Morgan fingerprint density at radius 3 is 2.16 bits per heavy atom. The molecule has 1 saturated carbocycles. The summed E-state index contributed by atoms with van der Waals surface area (Å²) in [6.45, 7) is 9.38. The molecule has 0 aromatic heterocycles. The maximum atomic E-state index is 3.73. The number of nitrogens with one attached hydrogen (secondary N) is 1. The molecule has 0 amide bonds. The highest BCUT2D eigenvalue weighted by molar-refractivity contribution is 4.87. The Kier molecular flexibility index (Phi) is 5.70. The standard InChI is InChI=1S/C17H34N2/c1-17(2,3)18-14-16-12-8-9-13-19(16)15-10-6-4-5-7-11-15/h15-16,18H,4-14H2,1-3H3. The highest BCUT2D eigenvalue weighted by Gasteiger charge is 2.29. The first-order valence-corrected chi connectivity index (χ1v) is 8.57. The lowest BCUT2D eigenvalue weighted by atomic mass is 9.95. The van der Waals surface area contributed by atoms with E-state index in [4.69, 9.17) is 0 Å². The Morgan fingerprint density at radius 1 is 0.895 bits per heavy atom. The van der Waals surface area contributed by atoms with Crippen LogP contribution in [0.1, 0.15) is 78.6 Å². The lowest BCUT2D eigenvalue weighted by molar-refractivity contribution is 0.0805. The van der Waals surface area contributed by atoms with E-state index in [1.165, 1.54) is 70.9 Å². The van der Waals surface area contributed by atoms with Crippen molar-refractivity contribution in [3.8, 4) is 0 Å². The Hall–Kier alpha value is -0.0800. The van der Waals surface area contributed by atoms with Crippen molar-refractivity contribution in [3.05, 3.63) is 0 Å². The molecule has 2 rings (SSSR count). The first-order valence-electron chi connectivity index (χ1n) is 8.57. The van der Waals surface area contributed by atoms with Gasteiger partial charge in [-0.2, -0.15) is 0 Å². The average Bonchev–Trinajstić information content (AvgIpc) is 2.64. The number of hydrogen-bond acceptors (Lipinski definition) is 2. The zero-order chi connectivity index (χ0) is 13.7. The largest absolute Gasteiger partial charge is 0.311 e. The fourth-order valence-corrected chi connectivity index (χ4v) is 3.74. The molecule has 0 spiro atoms. The summed E-state index contributed by atoms with van der Waals surface area (Å²) in [6.07, 6.45) is 13.0. The highest BCUT2D eigenvalue weighted by atomic mass is 15.2. The van der Waals surface area contributed by atoms with Crippen LogP contribution in [0.2, 0.25) is 0 Å². The van der Waals surface area contributed by atoms with Gasteiger partial charge in [-0.3, -0.25) is 4.90 Å². The SMILES string of the molecule is CC(C)(C)NCC1CCCCN1C1CCCCCC1. The first kappa shape index (κ1) is 15.3. The smallest absolute Gasteiger partial charge is 0.0223 e. The van der Waals surface area contributed by atoms with Gasteiger partial charge in [0.2, 0.25) is 0 Å². The van der Waals surface area contributed by atoms with Gasteiger partial charge in [-0.05, 0) is 53.0 Å². The predicted octanol–water partition coefficient (Wildman–Crippen LogP) is 3.95. The molecule has 1 aliphatic carbocycles. The number of likely N-dealkylation sites (tertiary alicyclic amines) is 1. The van der Waals surface area contributed by atoms with Crippen molar-refractivity contribution >= 4 is 0 Å². The van der Waals surface area contributed by atoms with Gasteiger partial charge >= 0.3 is 0 Å². The van der Waals surface area contributed by atoms with Gasteiger partial charge in [0.15, 0.2) is 0 Å². The predicted molar refractivity (Wildman–Crippen MR) is 83.6 cm³/mol. The van der Waals surface area contributed by atoms with Crippen molar-refractivity contribution in [3.63, 3.8) is 0 Å². The van der Waals surface area contributed by atoms with Crippen LogP contribution in [0, 0.1) is 0 Å². The Bertz CT molecular complexity index is 248. The minimum absolute atomic E-state index is 0.257. The average molecular weight is 266 g/mol. The van der Waals surface area contributed by atoms with Crippen LogP contribution in [-0.4, -0.2) is 35.6 Å². The summed E-state index contributed by atoms with van der Waals surface area (Å²) < 4.78 is 0. The molecule has 2 fully saturated rings. The van der Waals surface area contributed by atoms with Crippen LogP contribution in [0.5, 0.6) is 0 Å². The topological polar surface area (TPSA) is 15.3 Å². The Labute approximate surface area is 120 Å². The zero-order valence-electron chi connectivity index (χ0n) is 13.4. The summed E-state index contributed by atoms with van der Waals surface area (Å²) in [5, 5.41) is 3.73. The van der Waals surface area contributed by atoms with Crippen molar-refractivity contribution in [2.75, 3.05) is 13.1 Å². The molecule has 1 heterocycles. The lowest BCUT2D eigenvalue weighted by Crippen LogP contribution is -2.53. The molecule has 0 radical (unpaired) electrons. The van der Waals surface area contributed by atoms with Crippen LogP contribution < -0.4 is 5.32 Å². The van der Waals surface area contributed by atoms with Crippen molar-refractivity contribution in [2.45, 2.75) is 96.2 Å². The van der Waals surface area contributed by atoms with E-state index < -0.39 is 0 Å². The maximum Gasteiger partial charge on any atom is 0.0223 e. The van der Waals surface area contributed by atoms with E-state index in [1.807, 2.05) is 0 Å². The molecule has 0 aromatic carbocycles. The van der Waals surface area contributed by atoms with E-state index >= 15 is 0 Å². The van der Waals surface area contributed by atoms with Crippen molar-refractivity contribution < 1.29 is 0 Å². The second kappa shape index (κ2) is 7.08. The lowest BCUT2D eigenvalue weighted by Gasteiger charge is -2.42. The van der Waals surface area contributed by atoms with Gasteiger partial charge in [0, 0.05) is 24.2 Å². The summed E-state index contributed by atoms with van der Waals surface area (Å²) in [4.78, 5) is 2.87. The fourth-order valence-electron chi connectivity index (χ4n) is 3.74. The van der Waals surface area contributed by atoms with Gasteiger partial charge in [-0.15, -0.1) is 0 Å². The molecule has 1 saturated heterocycles. The number of hydrogen-bond donors (Lipinski definition) is 1. The second-order valence-electron chi connectivity index (χ2n) is 7.66. The molecule has 1 N–H and O–H groups in total. The molecule has 1 unspecified atom stereocenters. The van der Waals surface area contributed by atoms with E-state index in [0.717, 1.165) is 12.1 Å². The van der Waals surface area contributed by atoms with Crippen molar-refractivity contribution in [1.29, 1.82) is 0 Å². The normalized spacial score (nSPS) is 28.3. The third-order valence-electron chi connectivity index (χ3n) is 4.83. The van der Waals surface area contributed by atoms with Crippen molar-refractivity contribution in [1.82, 2.24) is 10.2 Å². The van der Waals surface area contributed by atoms with E-state index in [-0.39, 0.29) is 5.54 Å². The van der Waals surface area contributed by atoms with Crippen LogP contribution in [0.4, 0.5) is 0 Å². The summed E-state index contributed by atoms with van der Waals surface area (Å²) in [7, 11) is 0. The molecule has 112 valence electrons. The van der Waals surface area contributed by atoms with Gasteiger partial charge in [0.25, 0.3) is 0 Å². The minimum Gasteiger partial charge on any atom is -0.311 e. The van der Waals surface area contributed by atoms with E-state index in [9.17, 15) is 0 Å². The third kappa shape index (κ3) is 5.07. The van der Waals surface area contributed by atoms with Gasteiger partial charge < -0.3 is 5.32 Å². The first-order chi connectivity index (χ1) is 9.06. The van der Waals surface area contributed by atoms with Gasteiger partial charge in [-0.25, -0.2) is 0 Å². The quantitative estimate of drug-likeness (QED) is 0.778. The molecule has 19 heavy (non-hydrogen) atoms. The Balaban J connectivity index is 1.90. The Morgan fingerprint density at radius 2 is 1.53 bits per heavy atom. The molecular formula is C17H34N2. The zero-order valence-corrected chi connectivity index (χ0v) is 13.4. The number of nitrogens with zero attached hydrogens (tertiary/aromatic N) is 1. The van der Waals surface area contributed by atoms with Gasteiger partial charge in [-0.1, -0.05) is 32.1 Å². The van der Waals surface area contributed by atoms with Crippen LogP contribution in [0.25, 0.3) is 0 Å². The van der Waals surface area contributed by atoms with Crippen LogP contribution in [0.3, 0.4) is 0 Å². The molecule has 2 nitrogen and oxygen atoms in total. The summed E-state index contributed by atoms with van der Waals surface area (Å²) >= 11 is 0. The van der Waals surface area contributed by atoms with Crippen molar-refractivity contribution in [2.24, 2.45) is 0 Å². The molecule has 1 atom stereocenters. The van der Waals surface area contributed by atoms with E-state index in [1.54, 1.807) is 0 Å². The summed E-state index contributed by atoms with van der Waals surface area (Å²) in [6, 6.07) is 1.67. The van der Waals surface area contributed by atoms with Gasteiger partial charge in [0.05, 0.1) is 0 Å². The fraction of sp³-hybridized carbons (Fsp3) is 1.00. The third-order valence-corrected chi connectivity index (χ3v) is 4.83. The molecule has 2 aliphatic rings. The van der Waals surface area contributed by atoms with Crippen LogP contribution in [0.15, 0.2) is 0 Å². The minimum atomic E-state index is 0.257. The van der Waals surface area contributed by atoms with Crippen LogP contribution >= 0.6 is 0 Å². The molecule has 0 aromatic rings. The molecular weight excluding hydrogens is 232 g/mol. The molecule has 2 heteroatoms. The summed E-state index contributed by atoms with van der Waals surface area (Å²) in [5.74, 6) is 0. The molecule has 1 aliphatic heterocycles. The highest BCUT2D eigenvalue weighted by Crippen LogP contribution is 2.27. The maximum absolute atomic E-state index is 3.73. The summed E-state index contributed by atoms with van der Waals surface area (Å²) in [5.41, 5.74) is 0.257. The second-order valence-corrected chi connectivity index (χ2v) is 7.66. The number of rotatable bonds is 3. The molecule has 0 bridgehead atoms. The van der Waals surface area contributed by atoms with Gasteiger partial charge in [0.1, 0.15) is 0 Å².